The van der Waals surface area contributed by atoms with E-state index in [1.807, 2.05) is 0 Å². The van der Waals surface area contributed by atoms with Crippen molar-refractivity contribution < 1.29 is 27.1 Å². The van der Waals surface area contributed by atoms with E-state index in [4.69, 9.17) is 10.8 Å². The summed E-state index contributed by atoms with van der Waals surface area (Å²) in [7, 11) is 0. The summed E-state index contributed by atoms with van der Waals surface area (Å²) < 4.78 is 62.3. The zero-order valence-corrected chi connectivity index (χ0v) is 9.03. The fraction of sp³-hybridized carbons (Fsp3) is 0.250. The number of phenolic OH excluding ortho intramolecular Hbond substituents is 1. The van der Waals surface area contributed by atoms with Crippen molar-refractivity contribution in [1.29, 1.82) is 0 Å². The minimum atomic E-state index is -4.98. The number of nitrogens with two attached hydrogens (primary N) is 1. The molecule has 1 atom stereocenters. The van der Waals surface area contributed by atoms with Crippen LogP contribution >= 0.6 is 15.9 Å². The average Bonchev–Trinajstić information content (AvgIpc) is 2.13. The molecule has 8 heteroatoms. The third-order valence-electron chi connectivity index (χ3n) is 1.84. The molecule has 3 N–H and O–H groups in total. The fourth-order valence-electron chi connectivity index (χ4n) is 1.05. The first-order chi connectivity index (χ1) is 7.16. The van der Waals surface area contributed by atoms with Gasteiger partial charge in [0.15, 0.2) is 11.6 Å². The standard InChI is InChI=1S/C8H5BrF5NO/c9-2-1-3(10)6(16)4(5(2)11)7(15)8(12,13)14/h1,7,16H,15H2/t7-/m1/s1. The molecule has 0 fully saturated rings. The molecule has 0 bridgehead atoms. The SMILES string of the molecule is N[C@H](c1c(O)c(F)cc(Br)c1F)C(F)(F)F. The van der Waals surface area contributed by atoms with E-state index < -0.39 is 39.6 Å². The number of alkyl halides is 3. The van der Waals surface area contributed by atoms with Crippen molar-refractivity contribution in [3.63, 3.8) is 0 Å². The highest BCUT2D eigenvalue weighted by atomic mass is 79.9. The molecule has 0 aliphatic heterocycles. The molecular weight excluding hydrogens is 301 g/mol. The highest BCUT2D eigenvalue weighted by Crippen LogP contribution is 2.39. The third-order valence-corrected chi connectivity index (χ3v) is 2.42. The molecule has 0 heterocycles. The topological polar surface area (TPSA) is 46.2 Å². The van der Waals surface area contributed by atoms with Crippen molar-refractivity contribution in [2.24, 2.45) is 5.73 Å². The lowest BCUT2D eigenvalue weighted by atomic mass is 10.1. The molecule has 0 amide bonds. The summed E-state index contributed by atoms with van der Waals surface area (Å²) in [5, 5.41) is 9.02. The van der Waals surface area contributed by atoms with Crippen molar-refractivity contribution in [2.45, 2.75) is 12.2 Å². The Hall–Kier alpha value is -0.890. The van der Waals surface area contributed by atoms with Gasteiger partial charge in [0.05, 0.1) is 10.0 Å². The smallest absolute Gasteiger partial charge is 0.407 e. The summed E-state index contributed by atoms with van der Waals surface area (Å²) in [5.41, 5.74) is 3.38. The van der Waals surface area contributed by atoms with Gasteiger partial charge in [0.2, 0.25) is 0 Å². The normalized spacial score (nSPS) is 13.9. The van der Waals surface area contributed by atoms with Crippen LogP contribution in [0, 0.1) is 11.6 Å². The van der Waals surface area contributed by atoms with Gasteiger partial charge in [-0.15, -0.1) is 0 Å². The summed E-state index contributed by atoms with van der Waals surface area (Å²) >= 11 is 2.52. The molecule has 2 nitrogen and oxygen atoms in total. The van der Waals surface area contributed by atoms with E-state index >= 15 is 0 Å². The van der Waals surface area contributed by atoms with Crippen molar-refractivity contribution in [3.05, 3.63) is 27.7 Å². The maximum atomic E-state index is 13.3. The van der Waals surface area contributed by atoms with Gasteiger partial charge >= 0.3 is 6.18 Å². The van der Waals surface area contributed by atoms with E-state index in [1.165, 1.54) is 0 Å². The van der Waals surface area contributed by atoms with Gasteiger partial charge in [-0.2, -0.15) is 13.2 Å². The predicted molar refractivity (Wildman–Crippen MR) is 48.7 cm³/mol. The Bertz CT molecular complexity index is 394. The van der Waals surface area contributed by atoms with Crippen molar-refractivity contribution in [3.8, 4) is 5.75 Å². The first-order valence-electron chi connectivity index (χ1n) is 3.85. The van der Waals surface area contributed by atoms with Crippen molar-refractivity contribution in [2.75, 3.05) is 0 Å². The Morgan fingerprint density at radius 2 is 1.81 bits per heavy atom. The van der Waals surface area contributed by atoms with Gasteiger partial charge in [0.1, 0.15) is 11.9 Å². The molecule has 0 saturated heterocycles. The molecule has 0 spiro atoms. The molecule has 0 saturated carbocycles. The number of benzene rings is 1. The summed E-state index contributed by atoms with van der Waals surface area (Å²) in [4.78, 5) is 0. The zero-order chi connectivity index (χ0) is 12.7. The summed E-state index contributed by atoms with van der Waals surface area (Å²) in [6, 6.07) is -2.28. The van der Waals surface area contributed by atoms with Crippen molar-refractivity contribution >= 4 is 15.9 Å². The number of halogens is 6. The Labute approximate surface area is 95.0 Å². The molecule has 0 aliphatic carbocycles. The van der Waals surface area contributed by atoms with Gasteiger partial charge in [0.25, 0.3) is 0 Å². The Morgan fingerprint density at radius 3 is 2.25 bits per heavy atom. The van der Waals surface area contributed by atoms with Gasteiger partial charge in [-0.25, -0.2) is 8.78 Å². The second-order valence-electron chi connectivity index (χ2n) is 2.94. The molecule has 1 rings (SSSR count). The second-order valence-corrected chi connectivity index (χ2v) is 3.79. The van der Waals surface area contributed by atoms with Gasteiger partial charge in [-0.05, 0) is 22.0 Å². The Morgan fingerprint density at radius 1 is 1.31 bits per heavy atom. The number of hydrogen-bond acceptors (Lipinski definition) is 2. The summed E-state index contributed by atoms with van der Waals surface area (Å²) in [6.45, 7) is 0. The fourth-order valence-corrected chi connectivity index (χ4v) is 1.47. The van der Waals surface area contributed by atoms with E-state index in [9.17, 15) is 22.0 Å². The van der Waals surface area contributed by atoms with Crippen LogP contribution in [-0.2, 0) is 0 Å². The summed E-state index contributed by atoms with van der Waals surface area (Å²) in [6.07, 6.45) is -4.98. The number of aromatic hydroxyl groups is 1. The lowest BCUT2D eigenvalue weighted by molar-refractivity contribution is -0.150. The van der Waals surface area contributed by atoms with Crippen LogP contribution in [0.2, 0.25) is 0 Å². The highest BCUT2D eigenvalue weighted by molar-refractivity contribution is 9.10. The van der Waals surface area contributed by atoms with E-state index in [0.717, 1.165) is 0 Å². The number of phenols is 1. The Balaban J connectivity index is 3.44. The number of hydrogen-bond donors (Lipinski definition) is 2. The lowest BCUT2D eigenvalue weighted by Crippen LogP contribution is -2.29. The van der Waals surface area contributed by atoms with Crippen molar-refractivity contribution in [1.82, 2.24) is 0 Å². The van der Waals surface area contributed by atoms with Crippen LogP contribution in [0.5, 0.6) is 5.75 Å². The van der Waals surface area contributed by atoms with Crippen LogP contribution in [0.15, 0.2) is 10.5 Å². The van der Waals surface area contributed by atoms with Crippen LogP contribution in [-0.4, -0.2) is 11.3 Å². The summed E-state index contributed by atoms with van der Waals surface area (Å²) in [5.74, 6) is -4.27. The number of rotatable bonds is 1. The molecule has 0 unspecified atom stereocenters. The molecule has 0 aliphatic rings. The molecule has 16 heavy (non-hydrogen) atoms. The highest BCUT2D eigenvalue weighted by Gasteiger charge is 2.42. The van der Waals surface area contributed by atoms with Crippen LogP contribution in [0.3, 0.4) is 0 Å². The van der Waals surface area contributed by atoms with E-state index in [1.54, 1.807) is 0 Å². The molecule has 0 aromatic heterocycles. The van der Waals surface area contributed by atoms with Crippen LogP contribution < -0.4 is 5.73 Å². The average molecular weight is 306 g/mol. The lowest BCUT2D eigenvalue weighted by Gasteiger charge is -2.18. The van der Waals surface area contributed by atoms with Crippen LogP contribution in [0.4, 0.5) is 22.0 Å². The van der Waals surface area contributed by atoms with Gasteiger partial charge in [0, 0.05) is 0 Å². The zero-order valence-electron chi connectivity index (χ0n) is 7.45. The molecular formula is C8H5BrF5NO. The monoisotopic (exact) mass is 305 g/mol. The molecule has 90 valence electrons. The molecule has 1 aromatic rings. The first-order valence-corrected chi connectivity index (χ1v) is 4.64. The van der Waals surface area contributed by atoms with E-state index in [2.05, 4.69) is 15.9 Å². The molecule has 1 aromatic carbocycles. The minimum absolute atomic E-state index is 0.511. The van der Waals surface area contributed by atoms with Crippen LogP contribution in [0.25, 0.3) is 0 Å². The largest absolute Gasteiger partial charge is 0.505 e. The minimum Gasteiger partial charge on any atom is -0.505 e. The quantitative estimate of drug-likeness (QED) is 0.619. The second kappa shape index (κ2) is 4.17. The third kappa shape index (κ3) is 2.27. The predicted octanol–water partition coefficient (Wildman–Crippen LogP) is 2.99. The maximum absolute atomic E-state index is 13.3. The van der Waals surface area contributed by atoms with Gasteiger partial charge in [-0.1, -0.05) is 0 Å². The molecule has 0 radical (unpaired) electrons. The van der Waals surface area contributed by atoms with Gasteiger partial charge < -0.3 is 10.8 Å². The van der Waals surface area contributed by atoms with Crippen LogP contribution in [0.1, 0.15) is 11.6 Å². The van der Waals surface area contributed by atoms with E-state index in [-0.39, 0.29) is 0 Å². The van der Waals surface area contributed by atoms with E-state index in [0.29, 0.717) is 6.07 Å². The maximum Gasteiger partial charge on any atom is 0.407 e. The Kier molecular flexibility index (Phi) is 3.44. The van der Waals surface area contributed by atoms with Gasteiger partial charge in [-0.3, -0.25) is 0 Å². The first kappa shape index (κ1) is 13.2.